The maximum atomic E-state index is 12.6. The Morgan fingerprint density at radius 2 is 1.85 bits per heavy atom. The van der Waals surface area contributed by atoms with Crippen LogP contribution in [0.3, 0.4) is 0 Å². The van der Waals surface area contributed by atoms with E-state index in [2.05, 4.69) is 0 Å². The van der Waals surface area contributed by atoms with Crippen molar-refractivity contribution in [2.75, 3.05) is 32.8 Å². The van der Waals surface area contributed by atoms with E-state index in [0.717, 1.165) is 10.4 Å². The summed E-state index contributed by atoms with van der Waals surface area (Å²) in [6.07, 6.45) is 0. The number of ether oxygens (including phenoxy) is 1. The number of carbonyl (C=O) groups excluding carboxylic acids is 1. The third-order valence-electron chi connectivity index (χ3n) is 4.25. The van der Waals surface area contributed by atoms with Crippen molar-refractivity contribution in [1.82, 2.24) is 9.21 Å². The van der Waals surface area contributed by atoms with Gasteiger partial charge < -0.3 is 9.64 Å². The Balaban J connectivity index is 1.54. The van der Waals surface area contributed by atoms with Crippen LogP contribution in [0.4, 0.5) is 0 Å². The quantitative estimate of drug-likeness (QED) is 0.780. The molecule has 6 nitrogen and oxygen atoms in total. The highest BCUT2D eigenvalue weighted by Gasteiger charge is 2.31. The molecule has 0 aliphatic carbocycles. The predicted octanol–water partition coefficient (Wildman–Crippen LogP) is 2.28. The number of sulfonamides is 1. The molecule has 26 heavy (non-hydrogen) atoms. The number of amides is 1. The van der Waals surface area contributed by atoms with E-state index < -0.39 is 10.0 Å². The SMILES string of the molecule is Cc1cccc(OCC(=O)N2CCN(S(=O)(=O)c3ccc(C)s3)CC2)c1. The van der Waals surface area contributed by atoms with Crippen LogP contribution in [0.5, 0.6) is 5.75 Å². The third kappa shape index (κ3) is 4.25. The average molecular weight is 395 g/mol. The van der Waals surface area contributed by atoms with E-state index in [9.17, 15) is 13.2 Å². The normalized spacial score (nSPS) is 15.8. The molecule has 1 aromatic carbocycles. The molecule has 3 rings (SSSR count). The molecule has 1 aromatic heterocycles. The standard InChI is InChI=1S/C18H22N2O4S2/c1-14-4-3-5-16(12-14)24-13-17(21)19-8-10-20(11-9-19)26(22,23)18-7-6-15(2)25-18/h3-7,12H,8-11,13H2,1-2H3. The van der Waals surface area contributed by atoms with E-state index in [1.165, 1.54) is 15.6 Å². The summed E-state index contributed by atoms with van der Waals surface area (Å²) in [5.74, 6) is 0.531. The minimum atomic E-state index is -3.47. The summed E-state index contributed by atoms with van der Waals surface area (Å²) < 4.78 is 32.6. The Bertz CT molecular complexity index is 884. The molecule has 1 fully saturated rings. The number of hydrogen-bond donors (Lipinski definition) is 0. The number of piperazine rings is 1. The summed E-state index contributed by atoms with van der Waals surface area (Å²) >= 11 is 1.27. The van der Waals surface area contributed by atoms with Crippen LogP contribution >= 0.6 is 11.3 Å². The topological polar surface area (TPSA) is 66.9 Å². The van der Waals surface area contributed by atoms with Crippen molar-refractivity contribution < 1.29 is 17.9 Å². The van der Waals surface area contributed by atoms with Gasteiger partial charge in [-0.25, -0.2) is 8.42 Å². The number of rotatable bonds is 5. The van der Waals surface area contributed by atoms with E-state index >= 15 is 0 Å². The zero-order valence-electron chi connectivity index (χ0n) is 14.8. The second kappa shape index (κ2) is 7.77. The van der Waals surface area contributed by atoms with Crippen LogP contribution in [-0.2, 0) is 14.8 Å². The molecule has 0 atom stereocenters. The van der Waals surface area contributed by atoms with Gasteiger partial charge in [-0.1, -0.05) is 12.1 Å². The Morgan fingerprint density at radius 1 is 1.12 bits per heavy atom. The van der Waals surface area contributed by atoms with Gasteiger partial charge in [0.25, 0.3) is 15.9 Å². The smallest absolute Gasteiger partial charge is 0.260 e. The van der Waals surface area contributed by atoms with Gasteiger partial charge >= 0.3 is 0 Å². The van der Waals surface area contributed by atoms with Crippen molar-refractivity contribution in [3.63, 3.8) is 0 Å². The molecule has 0 saturated carbocycles. The predicted molar refractivity (Wildman–Crippen MR) is 101 cm³/mol. The Kier molecular flexibility index (Phi) is 5.64. The van der Waals surface area contributed by atoms with Gasteiger partial charge in [0.15, 0.2) is 6.61 Å². The molecule has 1 amide bonds. The van der Waals surface area contributed by atoms with Crippen molar-refractivity contribution in [2.45, 2.75) is 18.1 Å². The fourth-order valence-corrected chi connectivity index (χ4v) is 5.66. The van der Waals surface area contributed by atoms with Crippen molar-refractivity contribution >= 4 is 27.3 Å². The number of carbonyl (C=O) groups is 1. The van der Waals surface area contributed by atoms with Gasteiger partial charge in [-0.3, -0.25) is 4.79 Å². The fourth-order valence-electron chi connectivity index (χ4n) is 2.80. The molecule has 8 heteroatoms. The van der Waals surface area contributed by atoms with Crippen LogP contribution in [0, 0.1) is 13.8 Å². The lowest BCUT2D eigenvalue weighted by atomic mass is 10.2. The first-order valence-corrected chi connectivity index (χ1v) is 10.7. The van der Waals surface area contributed by atoms with Gasteiger partial charge in [0.1, 0.15) is 9.96 Å². The molecular formula is C18H22N2O4S2. The maximum Gasteiger partial charge on any atom is 0.260 e. The van der Waals surface area contributed by atoms with Gasteiger partial charge in [-0.05, 0) is 43.7 Å². The highest BCUT2D eigenvalue weighted by molar-refractivity contribution is 7.91. The monoisotopic (exact) mass is 394 g/mol. The molecule has 1 aliphatic heterocycles. The van der Waals surface area contributed by atoms with E-state index in [1.54, 1.807) is 17.0 Å². The van der Waals surface area contributed by atoms with E-state index in [4.69, 9.17) is 4.74 Å². The van der Waals surface area contributed by atoms with Gasteiger partial charge in [-0.2, -0.15) is 4.31 Å². The summed E-state index contributed by atoms with van der Waals surface area (Å²) in [5.41, 5.74) is 1.07. The lowest BCUT2D eigenvalue weighted by Gasteiger charge is -2.33. The first-order chi connectivity index (χ1) is 12.4. The van der Waals surface area contributed by atoms with Crippen molar-refractivity contribution in [3.05, 3.63) is 46.8 Å². The summed E-state index contributed by atoms with van der Waals surface area (Å²) in [5, 5.41) is 0. The summed E-state index contributed by atoms with van der Waals surface area (Å²) in [4.78, 5) is 14.9. The molecule has 1 aliphatic rings. The molecule has 0 N–H and O–H groups in total. The summed E-state index contributed by atoms with van der Waals surface area (Å²) in [6.45, 7) is 5.16. The summed E-state index contributed by atoms with van der Waals surface area (Å²) in [7, 11) is -3.47. The lowest BCUT2D eigenvalue weighted by molar-refractivity contribution is -0.134. The Labute approximate surface area is 158 Å². The lowest BCUT2D eigenvalue weighted by Crippen LogP contribution is -2.51. The van der Waals surface area contributed by atoms with Crippen LogP contribution in [0.2, 0.25) is 0 Å². The largest absolute Gasteiger partial charge is 0.484 e. The van der Waals surface area contributed by atoms with Crippen LogP contribution in [-0.4, -0.2) is 56.3 Å². The molecular weight excluding hydrogens is 372 g/mol. The number of hydrogen-bond acceptors (Lipinski definition) is 5. The Morgan fingerprint density at radius 3 is 2.46 bits per heavy atom. The zero-order chi connectivity index (χ0) is 18.7. The Hall–Kier alpha value is -1.90. The van der Waals surface area contributed by atoms with E-state index in [-0.39, 0.29) is 12.5 Å². The van der Waals surface area contributed by atoms with Gasteiger partial charge in [0, 0.05) is 31.1 Å². The van der Waals surface area contributed by atoms with Crippen LogP contribution in [0.25, 0.3) is 0 Å². The molecule has 0 bridgehead atoms. The molecule has 1 saturated heterocycles. The van der Waals surface area contributed by atoms with E-state index in [0.29, 0.717) is 36.1 Å². The third-order valence-corrected chi connectivity index (χ3v) is 7.62. The highest BCUT2D eigenvalue weighted by atomic mass is 32.2. The van der Waals surface area contributed by atoms with Crippen LogP contribution in [0.15, 0.2) is 40.6 Å². The fraction of sp³-hybridized carbons (Fsp3) is 0.389. The molecule has 140 valence electrons. The second-order valence-electron chi connectivity index (χ2n) is 6.26. The summed E-state index contributed by atoms with van der Waals surface area (Å²) in [6, 6.07) is 11.0. The highest BCUT2D eigenvalue weighted by Crippen LogP contribution is 2.25. The number of aryl methyl sites for hydroxylation is 2. The molecule has 0 spiro atoms. The first kappa shape index (κ1) is 18.9. The number of thiophene rings is 1. The minimum absolute atomic E-state index is 0.0413. The van der Waals surface area contributed by atoms with Gasteiger partial charge in [-0.15, -0.1) is 11.3 Å². The van der Waals surface area contributed by atoms with Crippen molar-refractivity contribution in [1.29, 1.82) is 0 Å². The zero-order valence-corrected chi connectivity index (χ0v) is 16.5. The maximum absolute atomic E-state index is 12.6. The molecule has 2 heterocycles. The van der Waals surface area contributed by atoms with Crippen LogP contribution in [0.1, 0.15) is 10.4 Å². The van der Waals surface area contributed by atoms with E-state index in [1.807, 2.05) is 38.1 Å². The van der Waals surface area contributed by atoms with Crippen molar-refractivity contribution in [3.8, 4) is 5.75 Å². The first-order valence-electron chi connectivity index (χ1n) is 8.40. The molecule has 0 radical (unpaired) electrons. The molecule has 2 aromatic rings. The van der Waals surface area contributed by atoms with Crippen molar-refractivity contribution in [2.24, 2.45) is 0 Å². The average Bonchev–Trinajstić information content (AvgIpc) is 3.07. The van der Waals surface area contributed by atoms with Crippen LogP contribution < -0.4 is 4.74 Å². The number of benzene rings is 1. The van der Waals surface area contributed by atoms with Gasteiger partial charge in [0.2, 0.25) is 0 Å². The minimum Gasteiger partial charge on any atom is -0.484 e. The number of nitrogens with zero attached hydrogens (tertiary/aromatic N) is 2. The second-order valence-corrected chi connectivity index (χ2v) is 9.71. The molecule has 0 unspecified atom stereocenters. The van der Waals surface area contributed by atoms with Gasteiger partial charge in [0.05, 0.1) is 0 Å².